The molecule has 13 rings (SSSR count). The number of benzene rings is 8. The molecule has 0 amide bonds. The molecule has 0 fully saturated rings. The van der Waals surface area contributed by atoms with Gasteiger partial charge in [0.25, 0.3) is 6.71 Å². The maximum atomic E-state index is 2.67. The van der Waals surface area contributed by atoms with Crippen LogP contribution in [0.15, 0.2) is 155 Å². The molecule has 6 heteroatoms. The minimum absolute atomic E-state index is 0.0450. The van der Waals surface area contributed by atoms with Crippen molar-refractivity contribution in [1.29, 1.82) is 0 Å². The quantitative estimate of drug-likeness (QED) is 0.162. The highest BCUT2D eigenvalue weighted by atomic mass is 32.2. The Morgan fingerprint density at radius 1 is 0.466 bits per heavy atom. The van der Waals surface area contributed by atoms with Crippen molar-refractivity contribution >= 4 is 124 Å². The van der Waals surface area contributed by atoms with Crippen LogP contribution in [0.4, 0.5) is 34.1 Å². The van der Waals surface area contributed by atoms with Gasteiger partial charge in [0.1, 0.15) is 0 Å². The molecule has 4 aliphatic rings. The van der Waals surface area contributed by atoms with Crippen LogP contribution in [0.1, 0.15) is 22.3 Å². The zero-order valence-corrected chi connectivity index (χ0v) is 34.4. The molecular formula is C52H36B2N2S2. The minimum Gasteiger partial charge on any atom is -0.312 e. The highest BCUT2D eigenvalue weighted by molar-refractivity contribution is 8.00. The van der Waals surface area contributed by atoms with E-state index in [1.54, 1.807) is 0 Å². The number of hydrogen-bond donors (Lipinski definition) is 0. The van der Waals surface area contributed by atoms with Gasteiger partial charge >= 0.3 is 0 Å². The number of anilines is 6. The lowest BCUT2D eigenvalue weighted by molar-refractivity contribution is 1.22. The van der Waals surface area contributed by atoms with E-state index in [2.05, 4.69) is 183 Å². The predicted octanol–water partition coefficient (Wildman–Crippen LogP) is 10.3. The van der Waals surface area contributed by atoms with Crippen LogP contribution in [-0.2, 0) is 0 Å². The summed E-state index contributed by atoms with van der Waals surface area (Å²) < 4.78 is 2.66. The van der Waals surface area contributed by atoms with Gasteiger partial charge in [-0.15, -0.1) is 11.3 Å². The lowest BCUT2D eigenvalue weighted by Gasteiger charge is -2.50. The third-order valence-corrected chi connectivity index (χ3v) is 15.5. The molecule has 58 heavy (non-hydrogen) atoms. The smallest absolute Gasteiger partial charge is 0.252 e. The first-order chi connectivity index (χ1) is 28.4. The van der Waals surface area contributed by atoms with Crippen molar-refractivity contribution in [2.45, 2.75) is 37.5 Å². The first-order valence-electron chi connectivity index (χ1n) is 20.3. The Hall–Kier alpha value is -5.94. The molecule has 8 aromatic carbocycles. The molecule has 272 valence electrons. The summed E-state index contributed by atoms with van der Waals surface area (Å²) in [6, 6.07) is 55.9. The first kappa shape index (κ1) is 33.1. The molecule has 0 saturated carbocycles. The molecule has 1 aromatic heterocycles. The van der Waals surface area contributed by atoms with E-state index >= 15 is 0 Å². The van der Waals surface area contributed by atoms with Crippen molar-refractivity contribution in [2.24, 2.45) is 0 Å². The maximum absolute atomic E-state index is 2.67. The molecule has 0 aliphatic carbocycles. The van der Waals surface area contributed by atoms with Gasteiger partial charge in [0.2, 0.25) is 6.71 Å². The summed E-state index contributed by atoms with van der Waals surface area (Å²) in [6.07, 6.45) is 0. The Morgan fingerprint density at radius 3 is 1.76 bits per heavy atom. The summed E-state index contributed by atoms with van der Waals surface area (Å²) in [7, 11) is 0. The van der Waals surface area contributed by atoms with E-state index in [9.17, 15) is 0 Å². The molecule has 0 radical (unpaired) electrons. The lowest BCUT2D eigenvalue weighted by Crippen LogP contribution is -2.68. The zero-order chi connectivity index (χ0) is 38.6. The molecule has 5 heterocycles. The van der Waals surface area contributed by atoms with E-state index in [1.165, 1.54) is 130 Å². The second-order valence-electron chi connectivity index (χ2n) is 16.7. The second-order valence-corrected chi connectivity index (χ2v) is 18.8. The molecule has 0 spiro atoms. The fraction of sp³-hybridized carbons (Fsp3) is 0.0769. The number of nitrogens with zero attached hydrogens (tertiary/aromatic N) is 2. The summed E-state index contributed by atoms with van der Waals surface area (Å²) in [5, 5.41) is 2.68. The van der Waals surface area contributed by atoms with Gasteiger partial charge in [-0.2, -0.15) is 0 Å². The lowest BCUT2D eigenvalue weighted by atomic mass is 9.29. The van der Waals surface area contributed by atoms with Gasteiger partial charge < -0.3 is 9.80 Å². The summed E-state index contributed by atoms with van der Waals surface area (Å²) in [5.74, 6) is 0. The van der Waals surface area contributed by atoms with Crippen LogP contribution in [-0.4, -0.2) is 13.4 Å². The van der Waals surface area contributed by atoms with Gasteiger partial charge in [-0.25, -0.2) is 0 Å². The standard InChI is InChI=1S/C52H36B2N2S2/c1-29-21-24-41-36(26-29)53-35-15-7-10-18-44(35)58-52-47(34-14-11-19-45-46(34)33-13-6-9-17-43(33)57-45)50-48-51(49(52)53)56(41)42-25-22-31(3)28-38(42)54(48)37-27-30(2)20-23-40(37)55(50)39-16-8-5-12-32(39)4/h5-28H,1-4H3. The van der Waals surface area contributed by atoms with Gasteiger partial charge in [-0.1, -0.05) is 137 Å². The van der Waals surface area contributed by atoms with E-state index in [0.717, 1.165) is 0 Å². The van der Waals surface area contributed by atoms with Gasteiger partial charge in [0.05, 0.1) is 5.69 Å². The number of thiophene rings is 1. The van der Waals surface area contributed by atoms with Crippen molar-refractivity contribution < 1.29 is 0 Å². The summed E-state index contributed by atoms with van der Waals surface area (Å²) in [5.41, 5.74) is 23.9. The molecule has 0 N–H and O–H groups in total. The van der Waals surface area contributed by atoms with Crippen molar-refractivity contribution in [3.63, 3.8) is 0 Å². The van der Waals surface area contributed by atoms with Crippen molar-refractivity contribution in [2.75, 3.05) is 9.80 Å². The monoisotopic (exact) mass is 774 g/mol. The summed E-state index contributed by atoms with van der Waals surface area (Å²) in [4.78, 5) is 8.05. The SMILES string of the molecule is Cc1ccc2c(c1)B1c3ccccc3Sc3c1c1c4c(c3-c3cccc5sc6ccccc6c35)N(c3ccccc3C)c3ccc(C)cc3B4c3cc(C)ccc3N21. The first-order valence-corrected chi connectivity index (χ1v) is 22.0. The fourth-order valence-electron chi connectivity index (χ4n) is 10.9. The van der Waals surface area contributed by atoms with E-state index in [4.69, 9.17) is 0 Å². The number of hydrogen-bond acceptors (Lipinski definition) is 4. The van der Waals surface area contributed by atoms with Crippen LogP contribution >= 0.6 is 23.1 Å². The highest BCUT2D eigenvalue weighted by Gasteiger charge is 2.52. The topological polar surface area (TPSA) is 6.48 Å². The van der Waals surface area contributed by atoms with E-state index < -0.39 is 0 Å². The highest BCUT2D eigenvalue weighted by Crippen LogP contribution is 2.55. The van der Waals surface area contributed by atoms with Crippen LogP contribution in [0, 0.1) is 27.7 Å². The number of para-hydroxylation sites is 1. The third-order valence-electron chi connectivity index (χ3n) is 13.2. The molecular weight excluding hydrogens is 738 g/mol. The van der Waals surface area contributed by atoms with Crippen molar-refractivity contribution in [1.82, 2.24) is 0 Å². The Morgan fingerprint density at radius 2 is 1.05 bits per heavy atom. The van der Waals surface area contributed by atoms with Crippen LogP contribution in [0.5, 0.6) is 0 Å². The molecule has 9 aromatic rings. The molecule has 2 nitrogen and oxygen atoms in total. The predicted molar refractivity (Wildman–Crippen MR) is 253 cm³/mol. The molecule has 0 saturated heterocycles. The normalized spacial score (nSPS) is 14.0. The zero-order valence-electron chi connectivity index (χ0n) is 32.7. The van der Waals surface area contributed by atoms with Gasteiger partial charge in [-0.05, 0) is 109 Å². The van der Waals surface area contributed by atoms with Gasteiger partial charge in [0, 0.05) is 64.0 Å². The maximum Gasteiger partial charge on any atom is 0.252 e. The minimum atomic E-state index is 0.0450. The van der Waals surface area contributed by atoms with E-state index in [-0.39, 0.29) is 13.4 Å². The number of aryl methyl sites for hydroxylation is 4. The molecule has 0 unspecified atom stereocenters. The number of rotatable bonds is 2. The number of fused-ring (bicyclic) bond motifs is 13. The average molecular weight is 775 g/mol. The summed E-state index contributed by atoms with van der Waals surface area (Å²) in [6.45, 7) is 9.18. The van der Waals surface area contributed by atoms with E-state index in [1.807, 2.05) is 23.1 Å². The van der Waals surface area contributed by atoms with Crippen LogP contribution in [0.2, 0.25) is 0 Å². The van der Waals surface area contributed by atoms with Crippen molar-refractivity contribution in [3.8, 4) is 11.1 Å². The van der Waals surface area contributed by atoms with Gasteiger partial charge in [-0.3, -0.25) is 0 Å². The third kappa shape index (κ3) is 4.27. The molecule has 0 atom stereocenters. The largest absolute Gasteiger partial charge is 0.312 e. The molecule has 0 bridgehead atoms. The average Bonchev–Trinajstić information content (AvgIpc) is 3.63. The fourth-order valence-corrected chi connectivity index (χ4v) is 13.3. The molecule has 4 aliphatic heterocycles. The van der Waals surface area contributed by atoms with Crippen molar-refractivity contribution in [3.05, 3.63) is 168 Å². The Bertz CT molecular complexity index is 3310. The van der Waals surface area contributed by atoms with Crippen LogP contribution in [0.3, 0.4) is 0 Å². The van der Waals surface area contributed by atoms with Gasteiger partial charge in [0.15, 0.2) is 0 Å². The second kappa shape index (κ2) is 11.8. The van der Waals surface area contributed by atoms with Crippen LogP contribution in [0.25, 0.3) is 31.3 Å². The Labute approximate surface area is 348 Å². The summed E-state index contributed by atoms with van der Waals surface area (Å²) >= 11 is 3.90. The Balaban J connectivity index is 1.31. The Kier molecular flexibility index (Phi) is 6.74. The van der Waals surface area contributed by atoms with Crippen LogP contribution < -0.4 is 42.6 Å². The van der Waals surface area contributed by atoms with E-state index in [0.29, 0.717) is 0 Å².